The molecule has 1 amide bonds. The number of benzene rings is 2. The molecule has 2 aromatic rings. The molecule has 0 aliphatic carbocycles. The number of piperidine rings is 1. The maximum atomic E-state index is 12.4. The molecule has 1 fully saturated rings. The van der Waals surface area contributed by atoms with Crippen LogP contribution in [0.25, 0.3) is 10.8 Å². The predicted molar refractivity (Wildman–Crippen MR) is 99.4 cm³/mol. The van der Waals surface area contributed by atoms with Crippen molar-refractivity contribution in [2.75, 3.05) is 13.1 Å². The Balaban J connectivity index is 0.00000208. The van der Waals surface area contributed by atoms with Gasteiger partial charge in [0.25, 0.3) is 0 Å². The second-order valence-corrected chi connectivity index (χ2v) is 6.55. The lowest BCUT2D eigenvalue weighted by Gasteiger charge is -2.33. The highest BCUT2D eigenvalue weighted by Gasteiger charge is 2.34. The Morgan fingerprint density at radius 3 is 2.71 bits per heavy atom. The number of hydrogen-bond acceptors (Lipinski definition) is 3. The smallest absolute Gasteiger partial charge is 0.240 e. The minimum atomic E-state index is -0.698. The zero-order chi connectivity index (χ0) is 16.3. The molecule has 1 heterocycles. The predicted octanol–water partition coefficient (Wildman–Crippen LogP) is 2.94. The van der Waals surface area contributed by atoms with E-state index in [1.165, 1.54) is 0 Å². The highest BCUT2D eigenvalue weighted by Crippen LogP contribution is 2.21. The topological polar surface area (TPSA) is 61.4 Å². The molecule has 2 aromatic carbocycles. The first kappa shape index (κ1) is 18.7. The van der Waals surface area contributed by atoms with Crippen molar-refractivity contribution >= 4 is 29.1 Å². The molecule has 0 bridgehead atoms. The summed E-state index contributed by atoms with van der Waals surface area (Å²) in [5.41, 5.74) is 0.312. The maximum Gasteiger partial charge on any atom is 0.240 e. The summed E-state index contributed by atoms with van der Waals surface area (Å²) in [6, 6.07) is 13.9. The van der Waals surface area contributed by atoms with Crippen molar-refractivity contribution in [3.8, 4) is 0 Å². The van der Waals surface area contributed by atoms with Crippen LogP contribution in [0.2, 0.25) is 0 Å². The van der Waals surface area contributed by atoms with Gasteiger partial charge in [0.2, 0.25) is 5.91 Å². The van der Waals surface area contributed by atoms with Crippen molar-refractivity contribution in [1.29, 1.82) is 0 Å². The molecular weight excluding hydrogens is 324 g/mol. The van der Waals surface area contributed by atoms with Crippen LogP contribution in [0.3, 0.4) is 0 Å². The Morgan fingerprint density at radius 1 is 1.25 bits per heavy atom. The molecule has 2 atom stereocenters. The van der Waals surface area contributed by atoms with E-state index in [1.54, 1.807) is 0 Å². The van der Waals surface area contributed by atoms with Gasteiger partial charge in [-0.25, -0.2) is 0 Å². The summed E-state index contributed by atoms with van der Waals surface area (Å²) < 4.78 is 0. The van der Waals surface area contributed by atoms with Gasteiger partial charge in [-0.2, -0.15) is 0 Å². The number of carbonyl (C=O) groups is 1. The van der Waals surface area contributed by atoms with Gasteiger partial charge in [-0.15, -0.1) is 12.4 Å². The normalized spacial score (nSPS) is 21.8. The van der Waals surface area contributed by atoms with E-state index in [0.29, 0.717) is 0 Å². The molecule has 24 heavy (non-hydrogen) atoms. The molecule has 2 unspecified atom stereocenters. The second-order valence-electron chi connectivity index (χ2n) is 6.55. The fraction of sp³-hybridized carbons (Fsp3) is 0.421. The first-order valence-electron chi connectivity index (χ1n) is 8.29. The van der Waals surface area contributed by atoms with E-state index in [4.69, 9.17) is 0 Å². The average Bonchev–Trinajstić information content (AvgIpc) is 2.59. The molecule has 0 spiro atoms. The monoisotopic (exact) mass is 348 g/mol. The number of rotatable bonds is 4. The summed E-state index contributed by atoms with van der Waals surface area (Å²) in [7, 11) is 0. The Kier molecular flexibility index (Phi) is 6.21. The molecule has 1 saturated heterocycles. The SMILES string of the molecule is CC1(C(=O)NCC(O)c2ccc3ccccc3c2)CCCCN1.Cl. The Labute approximate surface area is 149 Å². The van der Waals surface area contributed by atoms with Crippen LogP contribution in [0.4, 0.5) is 0 Å². The van der Waals surface area contributed by atoms with Crippen LogP contribution >= 0.6 is 12.4 Å². The Bertz CT molecular complexity index is 699. The van der Waals surface area contributed by atoms with Crippen LogP contribution in [0.15, 0.2) is 42.5 Å². The lowest BCUT2D eigenvalue weighted by molar-refractivity contribution is -0.128. The summed E-state index contributed by atoms with van der Waals surface area (Å²) in [4.78, 5) is 12.4. The van der Waals surface area contributed by atoms with Gasteiger partial charge in [-0.05, 0) is 55.1 Å². The number of nitrogens with one attached hydrogen (secondary N) is 2. The van der Waals surface area contributed by atoms with Gasteiger partial charge in [0, 0.05) is 6.54 Å². The van der Waals surface area contributed by atoms with E-state index in [1.807, 2.05) is 49.4 Å². The molecule has 3 N–H and O–H groups in total. The van der Waals surface area contributed by atoms with Crippen molar-refractivity contribution in [2.24, 2.45) is 0 Å². The number of hydrogen-bond donors (Lipinski definition) is 3. The summed E-state index contributed by atoms with van der Waals surface area (Å²) in [5.74, 6) is -0.0305. The summed E-state index contributed by atoms with van der Waals surface area (Å²) in [6.07, 6.45) is 2.31. The minimum Gasteiger partial charge on any atom is -0.387 e. The van der Waals surface area contributed by atoms with Crippen LogP contribution < -0.4 is 10.6 Å². The highest BCUT2D eigenvalue weighted by molar-refractivity contribution is 5.86. The van der Waals surface area contributed by atoms with Gasteiger partial charge in [0.15, 0.2) is 0 Å². The summed E-state index contributed by atoms with van der Waals surface area (Å²) in [5, 5.41) is 18.8. The Hall–Kier alpha value is -1.62. The zero-order valence-electron chi connectivity index (χ0n) is 13.9. The summed E-state index contributed by atoms with van der Waals surface area (Å²) >= 11 is 0. The quantitative estimate of drug-likeness (QED) is 0.796. The molecule has 5 heteroatoms. The fourth-order valence-electron chi connectivity index (χ4n) is 3.17. The van der Waals surface area contributed by atoms with Crippen molar-refractivity contribution < 1.29 is 9.90 Å². The van der Waals surface area contributed by atoms with Crippen LogP contribution in [-0.4, -0.2) is 29.6 Å². The molecule has 130 valence electrons. The van der Waals surface area contributed by atoms with Gasteiger partial charge < -0.3 is 15.7 Å². The van der Waals surface area contributed by atoms with Crippen molar-refractivity contribution in [3.05, 3.63) is 48.0 Å². The lowest BCUT2D eigenvalue weighted by Crippen LogP contribution is -2.57. The Morgan fingerprint density at radius 2 is 2.00 bits per heavy atom. The molecule has 3 rings (SSSR count). The first-order chi connectivity index (χ1) is 11.1. The number of aliphatic hydroxyl groups is 1. The molecule has 1 aliphatic rings. The van der Waals surface area contributed by atoms with Gasteiger partial charge in [0.1, 0.15) is 0 Å². The van der Waals surface area contributed by atoms with Crippen LogP contribution in [0, 0.1) is 0 Å². The third-order valence-electron chi connectivity index (χ3n) is 4.73. The van der Waals surface area contributed by atoms with E-state index in [9.17, 15) is 9.90 Å². The largest absolute Gasteiger partial charge is 0.387 e. The van der Waals surface area contributed by atoms with Crippen LogP contribution in [0.1, 0.15) is 37.9 Å². The minimum absolute atomic E-state index is 0. The van der Waals surface area contributed by atoms with E-state index in [-0.39, 0.29) is 24.9 Å². The number of halogens is 1. The fourth-order valence-corrected chi connectivity index (χ4v) is 3.17. The summed E-state index contributed by atoms with van der Waals surface area (Å²) in [6.45, 7) is 3.04. The van der Waals surface area contributed by atoms with Gasteiger partial charge in [-0.1, -0.05) is 36.4 Å². The number of amides is 1. The molecular formula is C19H25ClN2O2. The van der Waals surface area contributed by atoms with Gasteiger partial charge in [-0.3, -0.25) is 4.79 Å². The average molecular weight is 349 g/mol. The van der Waals surface area contributed by atoms with Crippen LogP contribution in [0.5, 0.6) is 0 Å². The molecule has 0 radical (unpaired) electrons. The van der Waals surface area contributed by atoms with Gasteiger partial charge in [0.05, 0.1) is 11.6 Å². The van der Waals surface area contributed by atoms with Crippen LogP contribution in [-0.2, 0) is 4.79 Å². The van der Waals surface area contributed by atoms with E-state index in [2.05, 4.69) is 10.6 Å². The van der Waals surface area contributed by atoms with Crippen molar-refractivity contribution in [2.45, 2.75) is 37.8 Å². The van der Waals surface area contributed by atoms with E-state index >= 15 is 0 Å². The van der Waals surface area contributed by atoms with E-state index in [0.717, 1.165) is 42.1 Å². The first-order valence-corrected chi connectivity index (χ1v) is 8.29. The second kappa shape index (κ2) is 7.97. The van der Waals surface area contributed by atoms with Gasteiger partial charge >= 0.3 is 0 Å². The molecule has 0 aromatic heterocycles. The van der Waals surface area contributed by atoms with Crippen molar-refractivity contribution in [1.82, 2.24) is 10.6 Å². The zero-order valence-corrected chi connectivity index (χ0v) is 14.7. The number of carbonyl (C=O) groups excluding carboxylic acids is 1. The third-order valence-corrected chi connectivity index (χ3v) is 4.73. The molecule has 1 aliphatic heterocycles. The standard InChI is InChI=1S/C19H24N2O2.ClH/c1-19(10-4-5-11-21-19)18(23)20-13-17(22)16-9-8-14-6-2-3-7-15(14)12-16;/h2-3,6-9,12,17,21-22H,4-5,10-11,13H2,1H3,(H,20,23);1H. The number of fused-ring (bicyclic) bond motifs is 1. The lowest BCUT2D eigenvalue weighted by atomic mass is 9.90. The van der Waals surface area contributed by atoms with E-state index < -0.39 is 11.6 Å². The highest BCUT2D eigenvalue weighted by atomic mass is 35.5. The maximum absolute atomic E-state index is 12.4. The third kappa shape index (κ3) is 4.07. The molecule has 0 saturated carbocycles. The van der Waals surface area contributed by atoms with Crippen molar-refractivity contribution in [3.63, 3.8) is 0 Å². The number of aliphatic hydroxyl groups excluding tert-OH is 1. The molecule has 4 nitrogen and oxygen atoms in total.